The third kappa shape index (κ3) is 5.60. The van der Waals surface area contributed by atoms with E-state index in [1.807, 2.05) is 0 Å². The highest BCUT2D eigenvalue weighted by molar-refractivity contribution is 5.83. The van der Waals surface area contributed by atoms with Crippen molar-refractivity contribution in [2.24, 2.45) is 0 Å². The molecule has 10 heteroatoms. The van der Waals surface area contributed by atoms with Gasteiger partial charge in [-0.2, -0.15) is 0 Å². The van der Waals surface area contributed by atoms with Crippen molar-refractivity contribution >= 4 is 16.9 Å². The molecule has 0 saturated heterocycles. The summed E-state index contributed by atoms with van der Waals surface area (Å²) in [6.07, 6.45) is 0.0734. The second kappa shape index (κ2) is 11.0. The van der Waals surface area contributed by atoms with Gasteiger partial charge in [0.25, 0.3) is 5.56 Å². The maximum atomic E-state index is 13.5. The van der Waals surface area contributed by atoms with Crippen LogP contribution in [0.15, 0.2) is 82.1 Å². The zero-order chi connectivity index (χ0) is 27.5. The average Bonchev–Trinajstić information content (AvgIpc) is 3.42. The smallest absolute Gasteiger partial charge is 0.303 e. The van der Waals surface area contributed by atoms with Crippen LogP contribution in [0.4, 0.5) is 8.78 Å². The number of hydrogen-bond donors (Lipinski definition) is 2. The molecule has 0 bridgehead atoms. The lowest BCUT2D eigenvalue weighted by molar-refractivity contribution is -0.137. The molecule has 0 spiro atoms. The van der Waals surface area contributed by atoms with Crippen molar-refractivity contribution in [3.05, 3.63) is 112 Å². The molecule has 0 aliphatic rings. The number of benzene rings is 3. The third-order valence-corrected chi connectivity index (χ3v) is 6.34. The average molecular weight is 532 g/mol. The summed E-state index contributed by atoms with van der Waals surface area (Å²) in [6, 6.07) is 17.4. The Kier molecular flexibility index (Phi) is 7.29. The van der Waals surface area contributed by atoms with Crippen molar-refractivity contribution in [3.63, 3.8) is 0 Å². The summed E-state index contributed by atoms with van der Waals surface area (Å²) in [5, 5.41) is 23.9. The number of unbranched alkanes of at least 4 members (excludes halogenated alkanes) is 1. The van der Waals surface area contributed by atoms with Gasteiger partial charge in [0.05, 0.1) is 16.6 Å². The summed E-state index contributed by atoms with van der Waals surface area (Å²) >= 11 is 0. The lowest BCUT2D eigenvalue weighted by Gasteiger charge is -2.14. The van der Waals surface area contributed by atoms with E-state index < -0.39 is 23.7 Å². The monoisotopic (exact) mass is 531 g/mol. The molecular formula is C29H23F2N3O5. The number of fused-ring (bicyclic) bond motifs is 1. The number of rotatable bonds is 9. The SMILES string of the molecule is O=C(O)CCCCc1nc2cc(-c3cc([C@H](O)c4ccc(F)cc4)on3)ccc2c(=O)n1-c1ccc(F)cc1. The van der Waals surface area contributed by atoms with Crippen molar-refractivity contribution in [3.8, 4) is 16.9 Å². The van der Waals surface area contributed by atoms with E-state index in [2.05, 4.69) is 5.16 Å². The van der Waals surface area contributed by atoms with Crippen LogP contribution in [0.1, 0.15) is 42.5 Å². The van der Waals surface area contributed by atoms with Gasteiger partial charge in [0.2, 0.25) is 0 Å². The molecule has 2 aromatic heterocycles. The number of aliphatic hydroxyl groups excluding tert-OH is 1. The number of carboxylic acid groups (broad SMARTS) is 1. The van der Waals surface area contributed by atoms with Crippen LogP contribution >= 0.6 is 0 Å². The number of carbonyl (C=O) groups is 1. The van der Waals surface area contributed by atoms with Crippen LogP contribution in [0.5, 0.6) is 0 Å². The molecule has 0 aliphatic carbocycles. The molecule has 1 atom stereocenters. The van der Waals surface area contributed by atoms with Gasteiger partial charge in [-0.3, -0.25) is 14.2 Å². The first kappa shape index (κ1) is 25.9. The molecule has 0 unspecified atom stereocenters. The van der Waals surface area contributed by atoms with E-state index in [0.717, 1.165) is 0 Å². The molecule has 0 fully saturated rings. The lowest BCUT2D eigenvalue weighted by atomic mass is 10.0. The Morgan fingerprint density at radius 3 is 2.33 bits per heavy atom. The van der Waals surface area contributed by atoms with Gasteiger partial charge < -0.3 is 14.7 Å². The van der Waals surface area contributed by atoms with E-state index in [9.17, 15) is 23.5 Å². The summed E-state index contributed by atoms with van der Waals surface area (Å²) in [6.45, 7) is 0. The molecule has 0 saturated carbocycles. The van der Waals surface area contributed by atoms with E-state index >= 15 is 0 Å². The van der Waals surface area contributed by atoms with Gasteiger partial charge in [-0.15, -0.1) is 0 Å². The van der Waals surface area contributed by atoms with Gasteiger partial charge in [0.1, 0.15) is 29.3 Å². The number of aliphatic carboxylic acids is 1. The number of hydrogen-bond acceptors (Lipinski definition) is 6. The summed E-state index contributed by atoms with van der Waals surface area (Å²) in [7, 11) is 0. The Morgan fingerprint density at radius 2 is 1.64 bits per heavy atom. The first-order valence-corrected chi connectivity index (χ1v) is 12.2. The topological polar surface area (TPSA) is 118 Å². The van der Waals surface area contributed by atoms with Crippen molar-refractivity contribution in [2.75, 3.05) is 0 Å². The molecule has 5 aromatic rings. The van der Waals surface area contributed by atoms with Crippen LogP contribution in [0.3, 0.4) is 0 Å². The van der Waals surface area contributed by atoms with Gasteiger partial charge in [-0.05, 0) is 66.9 Å². The molecule has 0 amide bonds. The number of aliphatic hydroxyl groups is 1. The zero-order valence-corrected chi connectivity index (χ0v) is 20.6. The van der Waals surface area contributed by atoms with Crippen LogP contribution < -0.4 is 5.56 Å². The molecule has 3 aromatic carbocycles. The quantitative estimate of drug-likeness (QED) is 0.251. The largest absolute Gasteiger partial charge is 0.481 e. The van der Waals surface area contributed by atoms with Crippen LogP contribution in [-0.2, 0) is 11.2 Å². The molecule has 0 aliphatic heterocycles. The molecule has 0 radical (unpaired) electrons. The van der Waals surface area contributed by atoms with Crippen molar-refractivity contribution < 1.29 is 28.3 Å². The molecule has 198 valence electrons. The fourth-order valence-electron chi connectivity index (χ4n) is 4.34. The maximum absolute atomic E-state index is 13.5. The highest BCUT2D eigenvalue weighted by Gasteiger charge is 2.19. The summed E-state index contributed by atoms with van der Waals surface area (Å²) < 4.78 is 33.5. The Morgan fingerprint density at radius 1 is 0.949 bits per heavy atom. The number of halogens is 2. The van der Waals surface area contributed by atoms with Gasteiger partial charge >= 0.3 is 5.97 Å². The van der Waals surface area contributed by atoms with E-state index in [4.69, 9.17) is 14.6 Å². The van der Waals surface area contributed by atoms with Gasteiger partial charge in [-0.25, -0.2) is 13.8 Å². The van der Waals surface area contributed by atoms with Crippen LogP contribution in [0.2, 0.25) is 0 Å². The minimum absolute atomic E-state index is 0.00320. The lowest BCUT2D eigenvalue weighted by Crippen LogP contribution is -2.24. The summed E-state index contributed by atoms with van der Waals surface area (Å²) in [5.41, 5.74) is 1.93. The van der Waals surface area contributed by atoms with E-state index in [-0.39, 0.29) is 17.7 Å². The van der Waals surface area contributed by atoms with E-state index in [0.29, 0.717) is 58.5 Å². The molecule has 5 rings (SSSR count). The standard InChI is InChI=1S/C29H23F2N3O5/c30-19-8-5-17(6-9-19)28(37)25-16-23(33-39-25)18-7-14-22-24(15-18)32-26(3-1-2-4-27(35)36)34(29(22)38)21-12-10-20(31)11-13-21/h5-16,28,37H,1-4H2,(H,35,36)/t28-/m1/s1. The van der Waals surface area contributed by atoms with Crippen molar-refractivity contribution in [1.29, 1.82) is 0 Å². The summed E-state index contributed by atoms with van der Waals surface area (Å²) in [4.78, 5) is 29.2. The highest BCUT2D eigenvalue weighted by Crippen LogP contribution is 2.28. The van der Waals surface area contributed by atoms with Crippen molar-refractivity contribution in [1.82, 2.24) is 14.7 Å². The second-order valence-electron chi connectivity index (χ2n) is 9.05. The number of aromatic nitrogens is 3. The van der Waals surface area contributed by atoms with Crippen molar-refractivity contribution in [2.45, 2.75) is 31.8 Å². The Balaban J connectivity index is 1.52. The number of aryl methyl sites for hydroxylation is 1. The van der Waals surface area contributed by atoms with Gasteiger partial charge in [-0.1, -0.05) is 23.4 Å². The zero-order valence-electron chi connectivity index (χ0n) is 20.6. The predicted octanol–water partition coefficient (Wildman–Crippen LogP) is 5.20. The highest BCUT2D eigenvalue weighted by atomic mass is 19.1. The molecular weight excluding hydrogens is 508 g/mol. The molecule has 39 heavy (non-hydrogen) atoms. The first-order chi connectivity index (χ1) is 18.8. The third-order valence-electron chi connectivity index (χ3n) is 6.34. The van der Waals surface area contributed by atoms with Crippen LogP contribution in [0.25, 0.3) is 27.8 Å². The Hall–Kier alpha value is -4.70. The maximum Gasteiger partial charge on any atom is 0.303 e. The van der Waals surface area contributed by atoms with Crippen LogP contribution in [0, 0.1) is 11.6 Å². The molecule has 8 nitrogen and oxygen atoms in total. The minimum Gasteiger partial charge on any atom is -0.481 e. The van der Waals surface area contributed by atoms with Crippen LogP contribution in [-0.4, -0.2) is 30.9 Å². The summed E-state index contributed by atoms with van der Waals surface area (Å²) in [5.74, 6) is -1.19. The number of nitrogens with zero attached hydrogens (tertiary/aromatic N) is 3. The predicted molar refractivity (Wildman–Crippen MR) is 138 cm³/mol. The molecule has 2 heterocycles. The Bertz CT molecular complexity index is 1700. The van der Waals surface area contributed by atoms with Gasteiger partial charge in [0, 0.05) is 24.5 Å². The van der Waals surface area contributed by atoms with E-state index in [1.54, 1.807) is 24.3 Å². The van der Waals surface area contributed by atoms with E-state index in [1.165, 1.54) is 53.1 Å². The molecule has 2 N–H and O–H groups in total. The second-order valence-corrected chi connectivity index (χ2v) is 9.05. The minimum atomic E-state index is -1.15. The Labute approximate surface area is 220 Å². The van der Waals surface area contributed by atoms with Gasteiger partial charge in [0.15, 0.2) is 5.76 Å². The number of carboxylic acids is 1. The normalized spacial score (nSPS) is 12.1. The fraction of sp³-hybridized carbons (Fsp3) is 0.172. The fourth-order valence-corrected chi connectivity index (χ4v) is 4.34. The first-order valence-electron chi connectivity index (χ1n) is 12.2.